The Morgan fingerprint density at radius 1 is 1.50 bits per heavy atom. The van der Waals surface area contributed by atoms with E-state index in [4.69, 9.17) is 5.73 Å². The molecule has 1 aliphatic carbocycles. The van der Waals surface area contributed by atoms with Crippen LogP contribution in [0.15, 0.2) is 0 Å². The molecule has 0 radical (unpaired) electrons. The number of halogens is 3. The van der Waals surface area contributed by atoms with E-state index in [2.05, 4.69) is 12.2 Å². The van der Waals surface area contributed by atoms with Gasteiger partial charge < -0.3 is 10.6 Å². The molecule has 6 heteroatoms. The molecule has 2 atom stereocenters. The Bertz CT molecular complexity index is 263. The smallest absolute Gasteiger partial charge is 0.393 e. The normalized spacial score (nSPS) is 20.9. The Hall–Kier alpha value is -0.360. The lowest BCUT2D eigenvalue weighted by Gasteiger charge is -2.29. The van der Waals surface area contributed by atoms with E-state index in [9.17, 15) is 13.2 Å². The van der Waals surface area contributed by atoms with E-state index in [1.165, 1.54) is 0 Å². The first-order valence-electron chi connectivity index (χ1n) is 5.29. The SMILES string of the molecule is CC(C1CC1)N(C)CC(C(N)=S)C(F)(F)F. The van der Waals surface area contributed by atoms with Crippen LogP contribution in [-0.2, 0) is 0 Å². The van der Waals surface area contributed by atoms with Crippen molar-refractivity contribution in [3.8, 4) is 0 Å². The van der Waals surface area contributed by atoms with Gasteiger partial charge in [-0.05, 0) is 32.7 Å². The molecular weight excluding hydrogens is 237 g/mol. The van der Waals surface area contributed by atoms with E-state index >= 15 is 0 Å². The van der Waals surface area contributed by atoms with Crippen molar-refractivity contribution in [3.05, 3.63) is 0 Å². The maximum atomic E-state index is 12.6. The molecule has 2 unspecified atom stereocenters. The predicted octanol–water partition coefficient (Wildman–Crippen LogP) is 2.18. The van der Waals surface area contributed by atoms with Gasteiger partial charge in [-0.15, -0.1) is 0 Å². The van der Waals surface area contributed by atoms with Crippen LogP contribution >= 0.6 is 12.2 Å². The summed E-state index contributed by atoms with van der Waals surface area (Å²) in [6, 6.07) is 0.166. The van der Waals surface area contributed by atoms with Crippen LogP contribution in [0.3, 0.4) is 0 Å². The number of rotatable bonds is 5. The van der Waals surface area contributed by atoms with Gasteiger partial charge in [0, 0.05) is 12.6 Å². The zero-order valence-electron chi connectivity index (χ0n) is 9.42. The summed E-state index contributed by atoms with van der Waals surface area (Å²) < 4.78 is 37.9. The Balaban J connectivity index is 2.57. The van der Waals surface area contributed by atoms with Crippen molar-refractivity contribution in [3.63, 3.8) is 0 Å². The van der Waals surface area contributed by atoms with Crippen LogP contribution in [0.25, 0.3) is 0 Å². The van der Waals surface area contributed by atoms with Crippen LogP contribution < -0.4 is 5.73 Å². The average molecular weight is 254 g/mol. The average Bonchev–Trinajstić information content (AvgIpc) is 2.92. The van der Waals surface area contributed by atoms with Crippen molar-refractivity contribution in [1.29, 1.82) is 0 Å². The summed E-state index contributed by atoms with van der Waals surface area (Å²) in [6.07, 6.45) is -2.13. The predicted molar refractivity (Wildman–Crippen MR) is 61.1 cm³/mol. The second kappa shape index (κ2) is 4.87. The number of nitrogens with two attached hydrogens (primary N) is 1. The lowest BCUT2D eigenvalue weighted by atomic mass is 10.1. The van der Waals surface area contributed by atoms with Gasteiger partial charge in [0.2, 0.25) is 0 Å². The van der Waals surface area contributed by atoms with E-state index < -0.39 is 17.1 Å². The van der Waals surface area contributed by atoms with Gasteiger partial charge >= 0.3 is 6.18 Å². The molecule has 1 aliphatic rings. The van der Waals surface area contributed by atoms with E-state index in [0.717, 1.165) is 12.8 Å². The Morgan fingerprint density at radius 2 is 2.00 bits per heavy atom. The summed E-state index contributed by atoms with van der Waals surface area (Å²) in [7, 11) is 1.69. The molecule has 0 heterocycles. The highest BCUT2D eigenvalue weighted by Crippen LogP contribution is 2.36. The minimum atomic E-state index is -4.34. The first kappa shape index (κ1) is 13.7. The highest BCUT2D eigenvalue weighted by molar-refractivity contribution is 7.80. The third-order valence-corrected chi connectivity index (χ3v) is 3.49. The molecule has 0 amide bonds. The summed E-state index contributed by atoms with van der Waals surface area (Å²) >= 11 is 4.48. The maximum Gasteiger partial charge on any atom is 0.399 e. The lowest BCUT2D eigenvalue weighted by molar-refractivity contribution is -0.159. The van der Waals surface area contributed by atoms with E-state index in [0.29, 0.717) is 5.92 Å². The monoisotopic (exact) mass is 254 g/mol. The Morgan fingerprint density at radius 3 is 2.31 bits per heavy atom. The molecule has 94 valence electrons. The molecule has 0 saturated heterocycles. The second-order valence-electron chi connectivity index (χ2n) is 4.51. The van der Waals surface area contributed by atoms with Gasteiger partial charge in [-0.25, -0.2) is 0 Å². The number of hydrogen-bond acceptors (Lipinski definition) is 2. The molecule has 0 aromatic heterocycles. The molecule has 1 saturated carbocycles. The van der Waals surface area contributed by atoms with Gasteiger partial charge in [0.15, 0.2) is 0 Å². The van der Waals surface area contributed by atoms with Crippen LogP contribution in [0, 0.1) is 11.8 Å². The van der Waals surface area contributed by atoms with Crippen LogP contribution in [0.4, 0.5) is 13.2 Å². The van der Waals surface area contributed by atoms with Crippen molar-refractivity contribution in [1.82, 2.24) is 4.90 Å². The molecule has 0 aromatic rings. The third-order valence-electron chi connectivity index (χ3n) is 3.21. The summed E-state index contributed by atoms with van der Waals surface area (Å²) in [4.78, 5) is 1.23. The Labute approximate surface area is 99.0 Å². The number of hydrogen-bond donors (Lipinski definition) is 1. The molecular formula is C10H17F3N2S. The van der Waals surface area contributed by atoms with Gasteiger partial charge in [0.25, 0.3) is 0 Å². The topological polar surface area (TPSA) is 29.3 Å². The quantitative estimate of drug-likeness (QED) is 0.763. The van der Waals surface area contributed by atoms with E-state index in [1.54, 1.807) is 11.9 Å². The highest BCUT2D eigenvalue weighted by atomic mass is 32.1. The molecule has 16 heavy (non-hydrogen) atoms. The van der Waals surface area contributed by atoms with Gasteiger partial charge in [0.05, 0.1) is 4.99 Å². The van der Waals surface area contributed by atoms with Gasteiger partial charge in [-0.1, -0.05) is 12.2 Å². The van der Waals surface area contributed by atoms with Crippen LogP contribution in [0.1, 0.15) is 19.8 Å². The fourth-order valence-corrected chi connectivity index (χ4v) is 1.96. The summed E-state index contributed by atoms with van der Waals surface area (Å²) in [5, 5.41) is 0. The number of nitrogens with zero attached hydrogens (tertiary/aromatic N) is 1. The first-order valence-corrected chi connectivity index (χ1v) is 5.70. The minimum absolute atomic E-state index is 0.142. The zero-order chi connectivity index (χ0) is 12.5. The summed E-state index contributed by atoms with van der Waals surface area (Å²) in [5.74, 6) is -1.17. The van der Waals surface area contributed by atoms with Crippen LogP contribution in [0.2, 0.25) is 0 Å². The standard InChI is InChI=1S/C10H17F3N2S/c1-6(7-3-4-7)15(2)5-8(9(14)16)10(11,12)13/h6-8H,3-5H2,1-2H3,(H2,14,16). The molecule has 0 aliphatic heterocycles. The second-order valence-corrected chi connectivity index (χ2v) is 4.99. The van der Waals surface area contributed by atoms with E-state index in [-0.39, 0.29) is 12.6 Å². The first-order chi connectivity index (χ1) is 7.23. The maximum absolute atomic E-state index is 12.6. The highest BCUT2D eigenvalue weighted by Gasteiger charge is 2.43. The molecule has 0 spiro atoms. The summed E-state index contributed by atoms with van der Waals surface area (Å²) in [5.41, 5.74) is 5.15. The third kappa shape index (κ3) is 3.59. The molecule has 2 nitrogen and oxygen atoms in total. The zero-order valence-corrected chi connectivity index (χ0v) is 10.2. The van der Waals surface area contributed by atoms with Gasteiger partial charge in [-0.3, -0.25) is 0 Å². The van der Waals surface area contributed by atoms with Crippen molar-refractivity contribution in [2.75, 3.05) is 13.6 Å². The largest absolute Gasteiger partial charge is 0.399 e. The fraction of sp³-hybridized carbons (Fsp3) is 0.900. The van der Waals surface area contributed by atoms with Crippen LogP contribution in [0.5, 0.6) is 0 Å². The minimum Gasteiger partial charge on any atom is -0.393 e. The molecule has 2 N–H and O–H groups in total. The van der Waals surface area contributed by atoms with Crippen molar-refractivity contribution in [2.24, 2.45) is 17.6 Å². The number of alkyl halides is 3. The van der Waals surface area contributed by atoms with Gasteiger partial charge in [-0.2, -0.15) is 13.2 Å². The van der Waals surface area contributed by atoms with Crippen molar-refractivity contribution < 1.29 is 13.2 Å². The van der Waals surface area contributed by atoms with Gasteiger partial charge in [0.1, 0.15) is 5.92 Å². The fourth-order valence-electron chi connectivity index (χ4n) is 1.75. The van der Waals surface area contributed by atoms with Crippen molar-refractivity contribution in [2.45, 2.75) is 32.0 Å². The lowest BCUT2D eigenvalue weighted by Crippen LogP contribution is -2.45. The van der Waals surface area contributed by atoms with E-state index in [1.807, 2.05) is 6.92 Å². The Kier molecular flexibility index (Phi) is 4.17. The summed E-state index contributed by atoms with van der Waals surface area (Å²) in [6.45, 7) is 1.81. The number of thiocarbonyl (C=S) groups is 1. The molecule has 1 rings (SSSR count). The van der Waals surface area contributed by atoms with Crippen molar-refractivity contribution >= 4 is 17.2 Å². The molecule has 0 aromatic carbocycles. The molecule has 1 fully saturated rings. The molecule has 0 bridgehead atoms. The van der Waals surface area contributed by atoms with Crippen LogP contribution in [-0.4, -0.2) is 35.7 Å².